The Morgan fingerprint density at radius 2 is 1.68 bits per heavy atom. The fraction of sp³-hybridized carbons (Fsp3) is 0.174. The van der Waals surface area contributed by atoms with E-state index in [-0.39, 0.29) is 5.41 Å². The van der Waals surface area contributed by atoms with Crippen molar-refractivity contribution in [2.45, 2.75) is 25.2 Å². The second-order valence-electron chi connectivity index (χ2n) is 7.12. The van der Waals surface area contributed by atoms with Gasteiger partial charge in [0.25, 0.3) is 0 Å². The second kappa shape index (κ2) is 5.59. The van der Waals surface area contributed by atoms with E-state index in [1.807, 2.05) is 30.3 Å². The highest BCUT2D eigenvalue weighted by atomic mass is 16.4. The van der Waals surface area contributed by atoms with Crippen LogP contribution in [0.4, 0.5) is 0 Å². The highest BCUT2D eigenvalue weighted by Gasteiger charge is 2.37. The van der Waals surface area contributed by atoms with Gasteiger partial charge in [0.15, 0.2) is 0 Å². The van der Waals surface area contributed by atoms with Gasteiger partial charge in [-0.25, -0.2) is 4.79 Å². The topological polar surface area (TPSA) is 37.3 Å². The van der Waals surface area contributed by atoms with Crippen LogP contribution in [0.25, 0.3) is 16.8 Å². The van der Waals surface area contributed by atoms with Crippen LogP contribution >= 0.6 is 0 Å². The molecule has 0 radical (unpaired) electrons. The zero-order valence-corrected chi connectivity index (χ0v) is 14.3. The molecule has 0 heterocycles. The van der Waals surface area contributed by atoms with Crippen LogP contribution in [-0.2, 0) is 18.3 Å². The molecule has 25 heavy (non-hydrogen) atoms. The van der Waals surface area contributed by atoms with Crippen LogP contribution in [0.15, 0.2) is 61.2 Å². The lowest BCUT2D eigenvalue weighted by Gasteiger charge is -2.27. The van der Waals surface area contributed by atoms with E-state index in [4.69, 9.17) is 0 Å². The highest BCUT2D eigenvalue weighted by molar-refractivity contribution is 6.07. The van der Waals surface area contributed by atoms with E-state index in [0.29, 0.717) is 5.56 Å². The van der Waals surface area contributed by atoms with Gasteiger partial charge in [0.05, 0.1) is 5.56 Å². The summed E-state index contributed by atoms with van der Waals surface area (Å²) in [4.78, 5) is 12.2. The Hall–Kier alpha value is -2.87. The van der Waals surface area contributed by atoms with Gasteiger partial charge in [0.1, 0.15) is 0 Å². The molecule has 3 aromatic carbocycles. The summed E-state index contributed by atoms with van der Waals surface area (Å²) in [6, 6.07) is 18.2. The van der Waals surface area contributed by atoms with Crippen LogP contribution in [0.3, 0.4) is 0 Å². The Bertz CT molecular complexity index is 989. The predicted octanol–water partition coefficient (Wildman–Crippen LogP) is 5.24. The van der Waals surface area contributed by atoms with E-state index in [1.54, 1.807) is 6.08 Å². The number of carboxylic acid groups (broad SMARTS) is 1. The fourth-order valence-corrected chi connectivity index (χ4v) is 4.29. The summed E-state index contributed by atoms with van der Waals surface area (Å²) in [5, 5.41) is 11.7. The number of rotatable bonds is 3. The molecule has 1 N–H and O–H groups in total. The first kappa shape index (κ1) is 15.6. The summed E-state index contributed by atoms with van der Waals surface area (Å²) in [6.45, 7) is 6.03. The van der Waals surface area contributed by atoms with Crippen LogP contribution in [-0.4, -0.2) is 11.1 Å². The van der Waals surface area contributed by atoms with Crippen molar-refractivity contribution in [2.75, 3.05) is 0 Å². The normalized spacial score (nSPS) is 15.1. The Morgan fingerprint density at radius 1 is 1.00 bits per heavy atom. The minimum atomic E-state index is -0.862. The summed E-state index contributed by atoms with van der Waals surface area (Å²) >= 11 is 0. The van der Waals surface area contributed by atoms with Gasteiger partial charge in [-0.1, -0.05) is 74.2 Å². The molecule has 0 spiro atoms. The third kappa shape index (κ3) is 2.37. The third-order valence-corrected chi connectivity index (χ3v) is 5.46. The lowest BCUT2D eigenvalue weighted by Crippen LogP contribution is -2.25. The maximum Gasteiger partial charge on any atom is 0.336 e. The van der Waals surface area contributed by atoms with Crippen LogP contribution in [0, 0.1) is 0 Å². The van der Waals surface area contributed by atoms with Crippen LogP contribution in [0.1, 0.15) is 39.5 Å². The van der Waals surface area contributed by atoms with E-state index in [1.165, 1.54) is 11.1 Å². The number of carbonyl (C=O) groups is 1. The van der Waals surface area contributed by atoms with E-state index in [9.17, 15) is 9.90 Å². The maximum atomic E-state index is 12.2. The summed E-state index contributed by atoms with van der Waals surface area (Å²) in [7, 11) is 0. The lowest BCUT2D eigenvalue weighted by molar-refractivity contribution is 0.0696. The molecule has 1 aliphatic rings. The number of fused-ring (bicyclic) bond motifs is 2. The van der Waals surface area contributed by atoms with Crippen LogP contribution < -0.4 is 0 Å². The van der Waals surface area contributed by atoms with Crippen molar-refractivity contribution in [1.82, 2.24) is 0 Å². The summed E-state index contributed by atoms with van der Waals surface area (Å²) < 4.78 is 0. The maximum absolute atomic E-state index is 12.2. The average Bonchev–Trinajstić information content (AvgIpc) is 2.97. The molecular formula is C23H20O2. The Kier molecular flexibility index (Phi) is 3.50. The minimum absolute atomic E-state index is 0.199. The molecule has 0 unspecified atom stereocenters. The second-order valence-corrected chi connectivity index (χ2v) is 7.12. The number of aromatic carboxylic acids is 1. The van der Waals surface area contributed by atoms with Gasteiger partial charge in [-0.05, 0) is 45.9 Å². The Morgan fingerprint density at radius 3 is 2.28 bits per heavy atom. The molecule has 0 atom stereocenters. The predicted molar refractivity (Wildman–Crippen MR) is 102 cm³/mol. The highest BCUT2D eigenvalue weighted by Crippen LogP contribution is 2.42. The fourth-order valence-electron chi connectivity index (χ4n) is 4.29. The van der Waals surface area contributed by atoms with Gasteiger partial charge in [0.2, 0.25) is 0 Å². The molecule has 1 aliphatic carbocycles. The van der Waals surface area contributed by atoms with Crippen molar-refractivity contribution in [3.05, 3.63) is 89.0 Å². The molecule has 2 nitrogen and oxygen atoms in total. The third-order valence-electron chi connectivity index (χ3n) is 5.46. The minimum Gasteiger partial charge on any atom is -0.478 e. The number of hydrogen-bond donors (Lipinski definition) is 1. The summed E-state index contributed by atoms with van der Waals surface area (Å²) in [5.41, 5.74) is 4.76. The van der Waals surface area contributed by atoms with Crippen molar-refractivity contribution in [1.29, 1.82) is 0 Å². The van der Waals surface area contributed by atoms with Gasteiger partial charge < -0.3 is 5.11 Å². The van der Waals surface area contributed by atoms with Gasteiger partial charge in [-0.3, -0.25) is 0 Å². The largest absolute Gasteiger partial charge is 0.478 e. The Balaban J connectivity index is 1.96. The standard InChI is InChI=1S/C23H20O2/c1-3-15-9-6-10-19-18(15)11-12-20(21(19)22(24)25)23(2)13-16-7-4-5-8-17(16)14-23/h3-12H,1,13-14H2,2H3,(H,24,25). The number of carboxylic acids is 1. The first-order chi connectivity index (χ1) is 12.0. The average molecular weight is 328 g/mol. The molecule has 3 aromatic rings. The molecule has 0 amide bonds. The first-order valence-electron chi connectivity index (χ1n) is 8.52. The SMILES string of the molecule is C=Cc1cccc2c(C(=O)O)c(C3(C)Cc4ccccc4C3)ccc12. The molecule has 4 rings (SSSR count). The van der Waals surface area contributed by atoms with Gasteiger partial charge >= 0.3 is 5.97 Å². The van der Waals surface area contributed by atoms with Gasteiger partial charge in [0, 0.05) is 5.41 Å². The zero-order chi connectivity index (χ0) is 17.6. The molecule has 0 bridgehead atoms. The molecule has 0 fully saturated rings. The molecule has 0 saturated heterocycles. The zero-order valence-electron chi connectivity index (χ0n) is 14.3. The van der Waals surface area contributed by atoms with Crippen molar-refractivity contribution in [3.8, 4) is 0 Å². The smallest absolute Gasteiger partial charge is 0.336 e. The molecule has 2 heteroatoms. The van der Waals surface area contributed by atoms with Gasteiger partial charge in [-0.15, -0.1) is 0 Å². The molecule has 0 saturated carbocycles. The quantitative estimate of drug-likeness (QED) is 0.714. The van der Waals surface area contributed by atoms with Crippen LogP contribution in [0.5, 0.6) is 0 Å². The number of hydrogen-bond acceptors (Lipinski definition) is 1. The summed E-state index contributed by atoms with van der Waals surface area (Å²) in [5.74, 6) is -0.862. The summed E-state index contributed by atoms with van der Waals surface area (Å²) in [6.07, 6.45) is 3.52. The van der Waals surface area contributed by atoms with E-state index in [2.05, 4.69) is 37.8 Å². The van der Waals surface area contributed by atoms with E-state index >= 15 is 0 Å². The van der Waals surface area contributed by atoms with E-state index < -0.39 is 5.97 Å². The molecule has 0 aromatic heterocycles. The van der Waals surface area contributed by atoms with Crippen molar-refractivity contribution in [2.24, 2.45) is 0 Å². The molecule has 124 valence electrons. The van der Waals surface area contributed by atoms with Crippen molar-refractivity contribution in [3.63, 3.8) is 0 Å². The molecule has 0 aliphatic heterocycles. The first-order valence-corrected chi connectivity index (χ1v) is 8.52. The van der Waals surface area contributed by atoms with Crippen molar-refractivity contribution < 1.29 is 9.90 Å². The van der Waals surface area contributed by atoms with Crippen molar-refractivity contribution >= 4 is 22.8 Å². The van der Waals surface area contributed by atoms with Gasteiger partial charge in [-0.2, -0.15) is 0 Å². The monoisotopic (exact) mass is 328 g/mol. The lowest BCUT2D eigenvalue weighted by atomic mass is 9.76. The molecular weight excluding hydrogens is 308 g/mol. The Labute approximate surface area is 147 Å². The number of benzene rings is 3. The van der Waals surface area contributed by atoms with Crippen LogP contribution in [0.2, 0.25) is 0 Å². The van der Waals surface area contributed by atoms with E-state index in [0.717, 1.165) is 34.7 Å².